The van der Waals surface area contributed by atoms with E-state index in [9.17, 15) is 0 Å². The first-order valence-corrected chi connectivity index (χ1v) is 4.50. The fourth-order valence-electron chi connectivity index (χ4n) is 1.14. The molecule has 0 unspecified atom stereocenters. The Morgan fingerprint density at radius 2 is 1.92 bits per heavy atom. The van der Waals surface area contributed by atoms with Gasteiger partial charge in [0.05, 0.1) is 12.5 Å². The highest BCUT2D eigenvalue weighted by Gasteiger charge is 2.04. The fraction of sp³-hybridized carbons (Fsp3) is 0. The van der Waals surface area contributed by atoms with Crippen LogP contribution in [0.1, 0.15) is 0 Å². The van der Waals surface area contributed by atoms with Crippen molar-refractivity contribution in [3.63, 3.8) is 0 Å². The van der Waals surface area contributed by atoms with E-state index in [1.165, 1.54) is 0 Å². The van der Waals surface area contributed by atoms with Gasteiger partial charge in [-0.2, -0.15) is 0 Å². The zero-order chi connectivity index (χ0) is 9.26. The summed E-state index contributed by atoms with van der Waals surface area (Å²) in [5, 5.41) is 1.34. The first-order valence-electron chi connectivity index (χ1n) is 3.75. The van der Waals surface area contributed by atoms with Gasteiger partial charge in [0, 0.05) is 21.2 Å². The van der Waals surface area contributed by atoms with Gasteiger partial charge in [-0.3, -0.25) is 0 Å². The molecule has 2 aromatic rings. The molecule has 0 aliphatic rings. The summed E-state index contributed by atoms with van der Waals surface area (Å²) in [5.41, 5.74) is 1.83. The van der Waals surface area contributed by atoms with Crippen LogP contribution in [0.3, 0.4) is 0 Å². The maximum atomic E-state index is 5.99. The molecule has 1 heterocycles. The van der Waals surface area contributed by atoms with E-state index >= 15 is 0 Å². The van der Waals surface area contributed by atoms with Crippen LogP contribution in [0.2, 0.25) is 10.0 Å². The van der Waals surface area contributed by atoms with Crippen molar-refractivity contribution < 1.29 is 4.42 Å². The highest BCUT2D eigenvalue weighted by molar-refractivity contribution is 6.35. The van der Waals surface area contributed by atoms with Gasteiger partial charge in [-0.15, -0.1) is 0 Å². The summed E-state index contributed by atoms with van der Waals surface area (Å²) in [7, 11) is 0. The maximum Gasteiger partial charge on any atom is 0.0981 e. The van der Waals surface area contributed by atoms with E-state index in [1.807, 2.05) is 12.1 Å². The molecule has 1 nitrogen and oxygen atoms in total. The summed E-state index contributed by atoms with van der Waals surface area (Å²) in [6.07, 6.45) is 3.24. The van der Waals surface area contributed by atoms with E-state index in [4.69, 9.17) is 27.6 Å². The zero-order valence-electron chi connectivity index (χ0n) is 6.63. The van der Waals surface area contributed by atoms with E-state index in [0.717, 1.165) is 11.1 Å². The number of hydrogen-bond donors (Lipinski definition) is 0. The average Bonchev–Trinajstić information content (AvgIpc) is 2.61. The van der Waals surface area contributed by atoms with Crippen LogP contribution in [0.15, 0.2) is 41.2 Å². The topological polar surface area (TPSA) is 13.1 Å². The monoisotopic (exact) mass is 212 g/mol. The minimum Gasteiger partial charge on any atom is -0.472 e. The number of rotatable bonds is 1. The SMILES string of the molecule is Clc1ccc(Cl)c(-c2ccoc2)c1. The second kappa shape index (κ2) is 3.44. The van der Waals surface area contributed by atoms with Crippen molar-refractivity contribution in [1.29, 1.82) is 0 Å². The number of halogens is 2. The van der Waals surface area contributed by atoms with Crippen molar-refractivity contribution in [2.24, 2.45) is 0 Å². The molecular weight excluding hydrogens is 207 g/mol. The normalized spacial score (nSPS) is 10.3. The molecule has 0 spiro atoms. The zero-order valence-corrected chi connectivity index (χ0v) is 8.14. The van der Waals surface area contributed by atoms with Gasteiger partial charge in [-0.05, 0) is 24.3 Å². The Hall–Kier alpha value is -0.920. The van der Waals surface area contributed by atoms with Gasteiger partial charge in [0.25, 0.3) is 0 Å². The molecule has 0 atom stereocenters. The molecule has 3 heteroatoms. The van der Waals surface area contributed by atoms with E-state index in [2.05, 4.69) is 0 Å². The summed E-state index contributed by atoms with van der Waals surface area (Å²) in [4.78, 5) is 0. The predicted molar refractivity (Wildman–Crippen MR) is 54.2 cm³/mol. The largest absolute Gasteiger partial charge is 0.472 e. The summed E-state index contributed by atoms with van der Waals surface area (Å²) in [5.74, 6) is 0. The minimum absolute atomic E-state index is 0.667. The molecule has 0 fully saturated rings. The second-order valence-corrected chi connectivity index (χ2v) is 3.48. The summed E-state index contributed by atoms with van der Waals surface area (Å²) in [6.45, 7) is 0. The molecule has 0 aliphatic heterocycles. The molecule has 66 valence electrons. The molecule has 2 rings (SSSR count). The molecule has 0 bridgehead atoms. The molecule has 1 aromatic heterocycles. The van der Waals surface area contributed by atoms with Crippen LogP contribution < -0.4 is 0 Å². The molecule has 0 radical (unpaired) electrons. The highest BCUT2D eigenvalue weighted by atomic mass is 35.5. The summed E-state index contributed by atoms with van der Waals surface area (Å²) < 4.78 is 4.96. The van der Waals surface area contributed by atoms with Gasteiger partial charge in [-0.1, -0.05) is 23.2 Å². The van der Waals surface area contributed by atoms with Gasteiger partial charge >= 0.3 is 0 Å². The molecule has 0 saturated heterocycles. The first-order chi connectivity index (χ1) is 6.27. The Kier molecular flexibility index (Phi) is 2.30. The van der Waals surface area contributed by atoms with Crippen LogP contribution in [0.5, 0.6) is 0 Å². The van der Waals surface area contributed by atoms with Crippen molar-refractivity contribution in [2.75, 3.05) is 0 Å². The lowest BCUT2D eigenvalue weighted by Crippen LogP contribution is -1.75. The van der Waals surface area contributed by atoms with Crippen LogP contribution in [0.4, 0.5) is 0 Å². The van der Waals surface area contributed by atoms with Gasteiger partial charge in [0.15, 0.2) is 0 Å². The quantitative estimate of drug-likeness (QED) is 0.689. The Balaban J connectivity index is 2.57. The van der Waals surface area contributed by atoms with Crippen molar-refractivity contribution in [3.8, 4) is 11.1 Å². The third-order valence-corrected chi connectivity index (χ3v) is 2.33. The Morgan fingerprint density at radius 1 is 1.08 bits per heavy atom. The molecule has 1 aromatic carbocycles. The average molecular weight is 213 g/mol. The van der Waals surface area contributed by atoms with Crippen molar-refractivity contribution in [1.82, 2.24) is 0 Å². The van der Waals surface area contributed by atoms with Gasteiger partial charge in [0.2, 0.25) is 0 Å². The predicted octanol–water partition coefficient (Wildman–Crippen LogP) is 4.25. The third kappa shape index (κ3) is 1.71. The smallest absolute Gasteiger partial charge is 0.0981 e. The maximum absolute atomic E-state index is 5.99. The van der Waals surface area contributed by atoms with E-state index < -0.39 is 0 Å². The highest BCUT2D eigenvalue weighted by Crippen LogP contribution is 2.30. The number of hydrogen-bond acceptors (Lipinski definition) is 1. The van der Waals surface area contributed by atoms with Crippen molar-refractivity contribution in [3.05, 3.63) is 46.8 Å². The molecule has 0 N–H and O–H groups in total. The standard InChI is InChI=1S/C10H6Cl2O/c11-8-1-2-10(12)9(5-8)7-3-4-13-6-7/h1-6H. The lowest BCUT2D eigenvalue weighted by molar-refractivity contribution is 0.568. The van der Waals surface area contributed by atoms with Crippen LogP contribution in [0.25, 0.3) is 11.1 Å². The minimum atomic E-state index is 0.667. The van der Waals surface area contributed by atoms with Crippen molar-refractivity contribution >= 4 is 23.2 Å². The fourth-order valence-corrected chi connectivity index (χ4v) is 1.54. The molecule has 0 saturated carbocycles. The van der Waals surface area contributed by atoms with Crippen LogP contribution in [0, 0.1) is 0 Å². The summed E-state index contributed by atoms with van der Waals surface area (Å²) >= 11 is 11.8. The third-order valence-electron chi connectivity index (χ3n) is 1.76. The lowest BCUT2D eigenvalue weighted by atomic mass is 10.1. The second-order valence-electron chi connectivity index (χ2n) is 2.64. The van der Waals surface area contributed by atoms with Crippen molar-refractivity contribution in [2.45, 2.75) is 0 Å². The first kappa shape index (κ1) is 8.67. The Morgan fingerprint density at radius 3 is 2.62 bits per heavy atom. The molecule has 0 aliphatic carbocycles. The van der Waals surface area contributed by atoms with E-state index in [1.54, 1.807) is 24.7 Å². The molecule has 13 heavy (non-hydrogen) atoms. The lowest BCUT2D eigenvalue weighted by Gasteiger charge is -2.00. The van der Waals surface area contributed by atoms with Crippen LogP contribution in [-0.4, -0.2) is 0 Å². The molecular formula is C10H6Cl2O. The van der Waals surface area contributed by atoms with Crippen LogP contribution >= 0.6 is 23.2 Å². The molecule has 0 amide bonds. The number of furan rings is 1. The van der Waals surface area contributed by atoms with Gasteiger partial charge in [0.1, 0.15) is 0 Å². The Bertz CT molecular complexity index is 407. The van der Waals surface area contributed by atoms with Gasteiger partial charge in [-0.25, -0.2) is 0 Å². The van der Waals surface area contributed by atoms with Crippen LogP contribution in [-0.2, 0) is 0 Å². The van der Waals surface area contributed by atoms with Gasteiger partial charge < -0.3 is 4.42 Å². The Labute approximate surface area is 85.9 Å². The number of benzene rings is 1. The summed E-state index contributed by atoms with van der Waals surface area (Å²) in [6, 6.07) is 7.19. The van der Waals surface area contributed by atoms with E-state index in [-0.39, 0.29) is 0 Å². The van der Waals surface area contributed by atoms with E-state index in [0.29, 0.717) is 10.0 Å².